The first-order valence-electron chi connectivity index (χ1n) is 10.6. The second kappa shape index (κ2) is 8.99. The standard InChI is InChI=1S/C26H19FN4O2S/c1-16-2-11-22-23(14-16)34-26(29-22)18-5-9-20(10-6-18)28-24(32)15-31-25(33)13-12-21(30-31)17-3-7-19(27)8-4-17/h2-14H,15H2,1H3,(H,28,32). The van der Waals surface area contributed by atoms with Crippen molar-refractivity contribution in [3.63, 3.8) is 0 Å². The van der Waals surface area contributed by atoms with E-state index < -0.39 is 5.56 Å². The molecule has 2 aromatic heterocycles. The Labute approximate surface area is 198 Å². The summed E-state index contributed by atoms with van der Waals surface area (Å²) in [4.78, 5) is 29.4. The van der Waals surface area contributed by atoms with Gasteiger partial charge in [0.1, 0.15) is 17.4 Å². The third kappa shape index (κ3) is 4.62. The number of amides is 1. The van der Waals surface area contributed by atoms with Gasteiger partial charge in [0, 0.05) is 22.9 Å². The fourth-order valence-corrected chi connectivity index (χ4v) is 4.59. The molecule has 0 unspecified atom stereocenters. The van der Waals surface area contributed by atoms with Crippen LogP contribution in [0, 0.1) is 12.7 Å². The lowest BCUT2D eigenvalue weighted by Crippen LogP contribution is -2.29. The summed E-state index contributed by atoms with van der Waals surface area (Å²) in [6.07, 6.45) is 0. The fourth-order valence-electron chi connectivity index (χ4n) is 3.52. The van der Waals surface area contributed by atoms with Crippen molar-refractivity contribution in [1.29, 1.82) is 0 Å². The van der Waals surface area contributed by atoms with Crippen LogP contribution >= 0.6 is 11.3 Å². The van der Waals surface area contributed by atoms with Gasteiger partial charge < -0.3 is 5.32 Å². The molecular weight excluding hydrogens is 451 g/mol. The predicted octanol–water partition coefficient (Wildman–Crippen LogP) is 5.27. The highest BCUT2D eigenvalue weighted by Crippen LogP contribution is 2.31. The van der Waals surface area contributed by atoms with E-state index in [4.69, 9.17) is 0 Å². The number of fused-ring (bicyclic) bond motifs is 1. The van der Waals surface area contributed by atoms with E-state index in [0.717, 1.165) is 25.5 Å². The van der Waals surface area contributed by atoms with Crippen LogP contribution in [-0.4, -0.2) is 20.7 Å². The monoisotopic (exact) mass is 470 g/mol. The summed E-state index contributed by atoms with van der Waals surface area (Å²) in [6, 6.07) is 22.2. The number of anilines is 1. The number of aromatic nitrogens is 3. The molecule has 5 rings (SSSR count). The molecule has 0 saturated heterocycles. The van der Waals surface area contributed by atoms with Crippen LogP contribution < -0.4 is 10.9 Å². The number of aryl methyl sites for hydroxylation is 1. The number of nitrogens with zero attached hydrogens (tertiary/aromatic N) is 3. The van der Waals surface area contributed by atoms with E-state index in [9.17, 15) is 14.0 Å². The lowest BCUT2D eigenvalue weighted by atomic mass is 10.1. The Balaban J connectivity index is 1.29. The molecule has 6 nitrogen and oxygen atoms in total. The highest BCUT2D eigenvalue weighted by atomic mass is 32.1. The average Bonchev–Trinajstić information content (AvgIpc) is 3.25. The summed E-state index contributed by atoms with van der Waals surface area (Å²) >= 11 is 1.62. The molecule has 0 fully saturated rings. The van der Waals surface area contributed by atoms with E-state index in [1.807, 2.05) is 24.3 Å². The van der Waals surface area contributed by atoms with Gasteiger partial charge in [0.2, 0.25) is 5.91 Å². The molecule has 1 N–H and O–H groups in total. The van der Waals surface area contributed by atoms with Gasteiger partial charge in [0.05, 0.1) is 15.9 Å². The van der Waals surface area contributed by atoms with E-state index in [0.29, 0.717) is 16.9 Å². The zero-order valence-electron chi connectivity index (χ0n) is 18.2. The first-order chi connectivity index (χ1) is 16.4. The van der Waals surface area contributed by atoms with Crippen LogP contribution in [0.5, 0.6) is 0 Å². The van der Waals surface area contributed by atoms with Crippen LogP contribution in [0.4, 0.5) is 10.1 Å². The van der Waals surface area contributed by atoms with Gasteiger partial charge in [-0.05, 0) is 79.2 Å². The number of nitrogens with one attached hydrogen (secondary N) is 1. The molecule has 0 saturated carbocycles. The van der Waals surface area contributed by atoms with Crippen LogP contribution in [0.2, 0.25) is 0 Å². The smallest absolute Gasteiger partial charge is 0.267 e. The van der Waals surface area contributed by atoms with Crippen molar-refractivity contribution in [1.82, 2.24) is 14.8 Å². The Kier molecular flexibility index (Phi) is 5.73. The van der Waals surface area contributed by atoms with Crippen LogP contribution in [0.3, 0.4) is 0 Å². The van der Waals surface area contributed by atoms with E-state index in [1.165, 1.54) is 23.8 Å². The molecule has 0 aliphatic carbocycles. The minimum Gasteiger partial charge on any atom is -0.324 e. The minimum absolute atomic E-state index is 0.243. The lowest BCUT2D eigenvalue weighted by Gasteiger charge is -2.09. The molecule has 0 aliphatic rings. The molecule has 3 aromatic carbocycles. The zero-order valence-corrected chi connectivity index (χ0v) is 19.0. The number of thiazole rings is 1. The van der Waals surface area contributed by atoms with E-state index in [2.05, 4.69) is 28.4 Å². The van der Waals surface area contributed by atoms with Crippen LogP contribution in [0.25, 0.3) is 32.0 Å². The van der Waals surface area contributed by atoms with Crippen molar-refractivity contribution in [2.45, 2.75) is 13.5 Å². The molecule has 0 spiro atoms. The van der Waals surface area contributed by atoms with Gasteiger partial charge in [0.15, 0.2) is 0 Å². The molecule has 168 valence electrons. The summed E-state index contributed by atoms with van der Waals surface area (Å²) in [7, 11) is 0. The molecule has 5 aromatic rings. The van der Waals surface area contributed by atoms with Crippen molar-refractivity contribution >= 4 is 33.1 Å². The Bertz CT molecular complexity index is 1560. The third-order valence-corrected chi connectivity index (χ3v) is 6.33. The topological polar surface area (TPSA) is 76.9 Å². The van der Waals surface area contributed by atoms with Crippen molar-refractivity contribution in [3.8, 4) is 21.8 Å². The second-order valence-electron chi connectivity index (χ2n) is 7.84. The number of carbonyl (C=O) groups is 1. The summed E-state index contributed by atoms with van der Waals surface area (Å²) in [6.45, 7) is 1.81. The van der Waals surface area contributed by atoms with E-state index >= 15 is 0 Å². The quantitative estimate of drug-likeness (QED) is 0.380. The summed E-state index contributed by atoms with van der Waals surface area (Å²) < 4.78 is 15.4. The maximum atomic E-state index is 13.2. The van der Waals surface area contributed by atoms with Gasteiger partial charge >= 0.3 is 0 Å². The second-order valence-corrected chi connectivity index (χ2v) is 8.87. The van der Waals surface area contributed by atoms with Gasteiger partial charge in [-0.1, -0.05) is 6.07 Å². The maximum Gasteiger partial charge on any atom is 0.267 e. The number of rotatable bonds is 5. The molecule has 0 aliphatic heterocycles. The maximum absolute atomic E-state index is 13.2. The Hall–Kier alpha value is -4.17. The summed E-state index contributed by atoms with van der Waals surface area (Å²) in [5.74, 6) is -0.741. The fraction of sp³-hybridized carbons (Fsp3) is 0.0769. The van der Waals surface area contributed by atoms with Gasteiger partial charge in [-0.25, -0.2) is 14.1 Å². The zero-order chi connectivity index (χ0) is 23.7. The molecule has 0 atom stereocenters. The van der Waals surface area contributed by atoms with Crippen molar-refractivity contribution in [2.75, 3.05) is 5.32 Å². The highest BCUT2D eigenvalue weighted by Gasteiger charge is 2.10. The molecule has 0 radical (unpaired) electrons. The third-order valence-electron chi connectivity index (χ3n) is 5.26. The number of hydrogen-bond donors (Lipinski definition) is 1. The first kappa shape index (κ1) is 21.7. The largest absolute Gasteiger partial charge is 0.324 e. The van der Waals surface area contributed by atoms with Gasteiger partial charge in [-0.15, -0.1) is 11.3 Å². The normalized spacial score (nSPS) is 11.0. The molecule has 34 heavy (non-hydrogen) atoms. The Morgan fingerprint density at radius 1 is 0.971 bits per heavy atom. The number of benzene rings is 3. The molecule has 0 bridgehead atoms. The Morgan fingerprint density at radius 2 is 1.71 bits per heavy atom. The molecule has 8 heteroatoms. The van der Waals surface area contributed by atoms with Crippen molar-refractivity contribution < 1.29 is 9.18 Å². The number of carbonyl (C=O) groups excluding carboxylic acids is 1. The SMILES string of the molecule is Cc1ccc2nc(-c3ccc(NC(=O)Cn4nc(-c5ccc(F)cc5)ccc4=O)cc3)sc2c1. The average molecular weight is 471 g/mol. The number of hydrogen-bond acceptors (Lipinski definition) is 5. The van der Waals surface area contributed by atoms with Gasteiger partial charge in [-0.2, -0.15) is 5.10 Å². The minimum atomic E-state index is -0.401. The summed E-state index contributed by atoms with van der Waals surface area (Å²) in [5, 5.41) is 7.95. The number of halogens is 1. The summed E-state index contributed by atoms with van der Waals surface area (Å²) in [5.41, 5.74) is 4.44. The van der Waals surface area contributed by atoms with E-state index in [1.54, 1.807) is 41.7 Å². The lowest BCUT2D eigenvalue weighted by molar-refractivity contribution is -0.117. The van der Waals surface area contributed by atoms with Gasteiger partial charge in [0.25, 0.3) is 5.56 Å². The first-order valence-corrected chi connectivity index (χ1v) is 11.4. The highest BCUT2D eigenvalue weighted by molar-refractivity contribution is 7.21. The van der Waals surface area contributed by atoms with Gasteiger partial charge in [-0.3, -0.25) is 9.59 Å². The Morgan fingerprint density at radius 3 is 2.47 bits per heavy atom. The molecule has 1 amide bonds. The predicted molar refractivity (Wildman–Crippen MR) is 132 cm³/mol. The van der Waals surface area contributed by atoms with Crippen LogP contribution in [-0.2, 0) is 11.3 Å². The molecule has 2 heterocycles. The van der Waals surface area contributed by atoms with Crippen molar-refractivity contribution in [2.24, 2.45) is 0 Å². The van der Waals surface area contributed by atoms with Crippen LogP contribution in [0.1, 0.15) is 5.56 Å². The van der Waals surface area contributed by atoms with E-state index in [-0.39, 0.29) is 18.3 Å². The van der Waals surface area contributed by atoms with Crippen LogP contribution in [0.15, 0.2) is 83.7 Å². The van der Waals surface area contributed by atoms with Crippen molar-refractivity contribution in [3.05, 3.63) is 101 Å². The molecular formula is C26H19FN4O2S.